The zero-order valence-corrected chi connectivity index (χ0v) is 18.0. The van der Waals surface area contributed by atoms with Crippen molar-refractivity contribution in [2.24, 2.45) is 0 Å². The highest BCUT2D eigenvalue weighted by molar-refractivity contribution is 6.04. The minimum atomic E-state index is -0.661. The number of hydrogen-bond acceptors (Lipinski definition) is 6. The summed E-state index contributed by atoms with van der Waals surface area (Å²) in [6, 6.07) is 19.6. The van der Waals surface area contributed by atoms with E-state index in [2.05, 4.69) is 10.7 Å². The van der Waals surface area contributed by atoms with E-state index < -0.39 is 12.1 Å². The van der Waals surface area contributed by atoms with Gasteiger partial charge in [0.2, 0.25) is 0 Å². The van der Waals surface area contributed by atoms with Crippen molar-refractivity contribution in [1.29, 1.82) is 0 Å². The Hall–Kier alpha value is -4.20. The summed E-state index contributed by atoms with van der Waals surface area (Å²) >= 11 is 0. The van der Waals surface area contributed by atoms with Crippen molar-refractivity contribution < 1.29 is 23.8 Å². The third kappa shape index (κ3) is 3.91. The Bertz CT molecular complexity index is 1210. The minimum Gasteiger partial charge on any atom is -0.493 e. The Morgan fingerprint density at radius 2 is 1.82 bits per heavy atom. The molecule has 3 aromatic rings. The van der Waals surface area contributed by atoms with Crippen molar-refractivity contribution in [1.82, 2.24) is 10.4 Å². The third-order valence-corrected chi connectivity index (χ3v) is 5.46. The molecule has 2 aliphatic heterocycles. The van der Waals surface area contributed by atoms with Crippen LogP contribution in [0.3, 0.4) is 0 Å². The first kappa shape index (κ1) is 20.7. The summed E-state index contributed by atoms with van der Waals surface area (Å²) in [6.45, 7) is 3.20. The third-order valence-electron chi connectivity index (χ3n) is 5.46. The molecule has 2 aliphatic rings. The van der Waals surface area contributed by atoms with Gasteiger partial charge in [0.1, 0.15) is 25.1 Å². The normalized spacial score (nSPS) is 16.5. The van der Waals surface area contributed by atoms with Gasteiger partial charge in [0, 0.05) is 11.3 Å². The van der Waals surface area contributed by atoms with E-state index in [1.165, 1.54) is 5.01 Å². The molecule has 2 N–H and O–H groups in total. The fourth-order valence-corrected chi connectivity index (χ4v) is 3.94. The van der Waals surface area contributed by atoms with Gasteiger partial charge in [-0.3, -0.25) is 15.0 Å². The van der Waals surface area contributed by atoms with E-state index in [4.69, 9.17) is 14.2 Å². The van der Waals surface area contributed by atoms with Gasteiger partial charge in [-0.15, -0.1) is 0 Å². The summed E-state index contributed by atoms with van der Waals surface area (Å²) in [6.07, 6.45) is -0.661. The lowest BCUT2D eigenvalue weighted by molar-refractivity contribution is 0.0489. The fraction of sp³-hybridized carbons (Fsp3) is 0.200. The van der Waals surface area contributed by atoms with Crippen LogP contribution in [0.2, 0.25) is 0 Å². The van der Waals surface area contributed by atoms with Crippen LogP contribution in [0, 0.1) is 0 Å². The summed E-state index contributed by atoms with van der Waals surface area (Å²) in [7, 11) is 0. The molecule has 0 saturated carbocycles. The maximum atomic E-state index is 13.5. The molecule has 0 aliphatic carbocycles. The number of rotatable bonds is 5. The number of fused-ring (bicyclic) bond motifs is 2. The molecule has 0 radical (unpaired) electrons. The molecule has 0 aromatic heterocycles. The maximum Gasteiger partial charge on any atom is 0.276 e. The number of ether oxygens (including phenoxy) is 3. The fourth-order valence-electron chi connectivity index (χ4n) is 3.94. The van der Waals surface area contributed by atoms with Crippen molar-refractivity contribution in [2.75, 3.05) is 25.1 Å². The number of hydrogen-bond donors (Lipinski definition) is 2. The second-order valence-corrected chi connectivity index (χ2v) is 7.54. The summed E-state index contributed by atoms with van der Waals surface area (Å²) in [5.74, 6) is 0.919. The van der Waals surface area contributed by atoms with Gasteiger partial charge in [-0.2, -0.15) is 0 Å². The van der Waals surface area contributed by atoms with Crippen LogP contribution in [0.5, 0.6) is 17.2 Å². The van der Waals surface area contributed by atoms with Crippen molar-refractivity contribution >= 4 is 17.5 Å². The van der Waals surface area contributed by atoms with Crippen molar-refractivity contribution in [3.8, 4) is 17.2 Å². The molecule has 168 valence electrons. The van der Waals surface area contributed by atoms with Crippen molar-refractivity contribution in [3.63, 3.8) is 0 Å². The van der Waals surface area contributed by atoms with Crippen LogP contribution in [0.4, 0.5) is 5.69 Å². The molecule has 1 unspecified atom stereocenters. The van der Waals surface area contributed by atoms with Crippen molar-refractivity contribution in [2.45, 2.75) is 13.1 Å². The van der Waals surface area contributed by atoms with Crippen LogP contribution >= 0.6 is 0 Å². The van der Waals surface area contributed by atoms with Gasteiger partial charge in [0.05, 0.1) is 17.7 Å². The highest BCUT2D eigenvalue weighted by Gasteiger charge is 2.35. The Morgan fingerprint density at radius 1 is 1.06 bits per heavy atom. The molecule has 8 nitrogen and oxygen atoms in total. The highest BCUT2D eigenvalue weighted by atomic mass is 16.6. The van der Waals surface area contributed by atoms with Crippen LogP contribution in [-0.4, -0.2) is 36.6 Å². The lowest BCUT2D eigenvalue weighted by atomic mass is 10.0. The van der Waals surface area contributed by atoms with E-state index in [-0.39, 0.29) is 5.91 Å². The van der Waals surface area contributed by atoms with Gasteiger partial charge >= 0.3 is 0 Å². The van der Waals surface area contributed by atoms with Crippen molar-refractivity contribution in [3.05, 3.63) is 83.4 Å². The van der Waals surface area contributed by atoms with Crippen LogP contribution in [0.15, 0.2) is 66.7 Å². The summed E-state index contributed by atoms with van der Waals surface area (Å²) in [4.78, 5) is 26.7. The Balaban J connectivity index is 1.52. The van der Waals surface area contributed by atoms with Gasteiger partial charge in [0.25, 0.3) is 11.8 Å². The molecule has 3 aromatic carbocycles. The van der Waals surface area contributed by atoms with E-state index in [1.54, 1.807) is 42.5 Å². The number of nitrogens with one attached hydrogen (secondary N) is 2. The zero-order chi connectivity index (χ0) is 22.8. The number of hydrazine groups is 1. The number of carbonyl (C=O) groups is 2. The predicted octanol–water partition coefficient (Wildman–Crippen LogP) is 3.77. The first-order valence-corrected chi connectivity index (χ1v) is 10.8. The first-order chi connectivity index (χ1) is 16.2. The predicted molar refractivity (Wildman–Crippen MR) is 121 cm³/mol. The number of benzene rings is 3. The average molecular weight is 445 g/mol. The molecule has 2 amide bonds. The molecule has 0 bridgehead atoms. The number of para-hydroxylation sites is 2. The maximum absolute atomic E-state index is 13.5. The first-order valence-electron chi connectivity index (χ1n) is 10.8. The SMILES string of the molecule is CCOc1ccccc1C(=O)NN1C(=O)c2ccccc2NC1c1ccc2c(c1)OCCO2. The second kappa shape index (κ2) is 8.74. The number of carbonyl (C=O) groups excluding carboxylic acids is 2. The highest BCUT2D eigenvalue weighted by Crippen LogP contribution is 2.37. The van der Waals surface area contributed by atoms with Gasteiger partial charge in [-0.05, 0) is 43.3 Å². The van der Waals surface area contributed by atoms with Gasteiger partial charge < -0.3 is 19.5 Å². The Morgan fingerprint density at radius 3 is 2.67 bits per heavy atom. The monoisotopic (exact) mass is 445 g/mol. The summed E-state index contributed by atoms with van der Waals surface area (Å²) in [5, 5.41) is 4.66. The lowest BCUT2D eigenvalue weighted by Gasteiger charge is -2.38. The molecule has 1 atom stereocenters. The molecule has 8 heteroatoms. The molecule has 2 heterocycles. The molecule has 0 saturated heterocycles. The Labute approximate surface area is 191 Å². The summed E-state index contributed by atoms with van der Waals surface area (Å²) < 4.78 is 16.9. The topological polar surface area (TPSA) is 89.1 Å². The molecule has 0 spiro atoms. The second-order valence-electron chi connectivity index (χ2n) is 7.54. The smallest absolute Gasteiger partial charge is 0.276 e. The van der Waals surface area contributed by atoms with Crippen LogP contribution in [-0.2, 0) is 0 Å². The quantitative estimate of drug-likeness (QED) is 0.622. The van der Waals surface area contributed by atoms with Crippen LogP contribution in [0.25, 0.3) is 0 Å². The minimum absolute atomic E-state index is 0.327. The van der Waals surface area contributed by atoms with Gasteiger partial charge in [-0.25, -0.2) is 5.01 Å². The van der Waals surface area contributed by atoms with Crippen LogP contribution < -0.4 is 25.0 Å². The van der Waals surface area contributed by atoms with E-state index >= 15 is 0 Å². The standard InChI is InChI=1S/C25H23N3O5/c1-2-31-20-10-6-4-8-18(20)24(29)27-28-23(26-19-9-5-3-7-17(19)25(28)30)16-11-12-21-22(15-16)33-14-13-32-21/h3-12,15,23,26H,2,13-14H2,1H3,(H,27,29). The lowest BCUT2D eigenvalue weighted by Crippen LogP contribution is -2.52. The molecule has 5 rings (SSSR count). The van der Waals surface area contributed by atoms with E-state index in [0.29, 0.717) is 53.9 Å². The van der Waals surface area contributed by atoms with Crippen LogP contribution in [0.1, 0.15) is 39.4 Å². The van der Waals surface area contributed by atoms with E-state index in [9.17, 15) is 9.59 Å². The Kier molecular flexibility index (Phi) is 5.48. The average Bonchev–Trinajstić information content (AvgIpc) is 2.86. The van der Waals surface area contributed by atoms with Gasteiger partial charge in [-0.1, -0.05) is 30.3 Å². The van der Waals surface area contributed by atoms with E-state index in [1.807, 2.05) is 31.2 Å². The molecule has 33 heavy (non-hydrogen) atoms. The number of nitrogens with zero attached hydrogens (tertiary/aromatic N) is 1. The van der Waals surface area contributed by atoms with Gasteiger partial charge in [0.15, 0.2) is 11.5 Å². The largest absolute Gasteiger partial charge is 0.493 e. The van der Waals surface area contributed by atoms with E-state index in [0.717, 1.165) is 5.56 Å². The molecular weight excluding hydrogens is 422 g/mol. The number of amides is 2. The number of anilines is 1. The summed E-state index contributed by atoms with van der Waals surface area (Å²) in [5.41, 5.74) is 5.01. The molecular formula is C25H23N3O5. The molecule has 0 fully saturated rings. The zero-order valence-electron chi connectivity index (χ0n) is 18.0.